The van der Waals surface area contributed by atoms with E-state index in [0.29, 0.717) is 35.2 Å². The molecule has 0 N–H and O–H groups in total. The number of Topliss-reactive ketones (excluding diaryl/α,β-unsaturated/α-hetero) is 1. The van der Waals surface area contributed by atoms with Gasteiger partial charge in [0, 0.05) is 12.5 Å². The number of carbonyl (C=O) groups excluding carboxylic acids is 1. The van der Waals surface area contributed by atoms with E-state index in [0.717, 1.165) is 0 Å². The van der Waals surface area contributed by atoms with Crippen LogP contribution >= 0.6 is 15.9 Å². The molecule has 2 nitrogen and oxygen atoms in total. The molecule has 1 aliphatic rings. The molecule has 1 aromatic carbocycles. The minimum Gasteiger partial charge on any atom is -0.493 e. The molecule has 1 aromatic rings. The van der Waals surface area contributed by atoms with E-state index in [4.69, 9.17) is 4.74 Å². The number of carbonyl (C=O) groups is 1. The summed E-state index contributed by atoms with van der Waals surface area (Å²) in [6.45, 7) is 0.472. The number of fused-ring (bicyclic) bond motifs is 1. The Bertz CT molecular complexity index is 390. The lowest BCUT2D eigenvalue weighted by molar-refractivity contribution is 0.0983. The van der Waals surface area contributed by atoms with Gasteiger partial charge in [0.1, 0.15) is 11.6 Å². The van der Waals surface area contributed by atoms with Crippen molar-refractivity contribution in [2.75, 3.05) is 6.61 Å². The van der Waals surface area contributed by atoms with E-state index in [9.17, 15) is 9.18 Å². The first-order valence-corrected chi connectivity index (χ1v) is 5.13. The monoisotopic (exact) mass is 258 g/mol. The maximum atomic E-state index is 13.1. The summed E-state index contributed by atoms with van der Waals surface area (Å²) >= 11 is 3.04. The minimum absolute atomic E-state index is 0.0122. The Morgan fingerprint density at radius 3 is 3.00 bits per heavy atom. The zero-order valence-electron chi connectivity index (χ0n) is 7.35. The summed E-state index contributed by atoms with van der Waals surface area (Å²) in [4.78, 5) is 11.5. The number of hydrogen-bond donors (Lipinski definition) is 0. The minimum atomic E-state index is -0.404. The molecule has 0 amide bonds. The molecule has 2 rings (SSSR count). The van der Waals surface area contributed by atoms with Gasteiger partial charge in [-0.2, -0.15) is 0 Å². The normalized spacial score (nSPS) is 15.7. The Morgan fingerprint density at radius 1 is 1.43 bits per heavy atom. The van der Waals surface area contributed by atoms with E-state index in [1.165, 1.54) is 12.1 Å². The van der Waals surface area contributed by atoms with Gasteiger partial charge in [0.05, 0.1) is 16.6 Å². The number of rotatable bonds is 0. The summed E-state index contributed by atoms with van der Waals surface area (Å²) in [5, 5.41) is 0. The Hall–Kier alpha value is -0.900. The van der Waals surface area contributed by atoms with Gasteiger partial charge in [0.25, 0.3) is 0 Å². The molecule has 1 heterocycles. The number of benzene rings is 1. The summed E-state index contributed by atoms with van der Waals surface area (Å²) in [5.74, 6) is -0.0372. The molecular weight excluding hydrogens is 251 g/mol. The molecule has 0 saturated heterocycles. The topological polar surface area (TPSA) is 26.3 Å². The lowest BCUT2D eigenvalue weighted by Gasteiger charge is -2.06. The third-order valence-corrected chi connectivity index (χ3v) is 2.74. The van der Waals surface area contributed by atoms with Gasteiger partial charge in [-0.15, -0.1) is 0 Å². The van der Waals surface area contributed by atoms with Crippen molar-refractivity contribution in [3.63, 3.8) is 0 Å². The van der Waals surface area contributed by atoms with Crippen LogP contribution in [-0.2, 0) is 0 Å². The van der Waals surface area contributed by atoms with Gasteiger partial charge in [-0.05, 0) is 28.4 Å². The summed E-state index contributed by atoms with van der Waals surface area (Å²) in [5.41, 5.74) is 0.468. The molecule has 0 spiro atoms. The number of ketones is 1. The van der Waals surface area contributed by atoms with Crippen LogP contribution in [0, 0.1) is 5.82 Å². The standard InChI is InChI=1S/C10H8BrFO2/c11-7-4-6-9(13)2-1-3-14-10(6)5-8(7)12/h4-5H,1-3H2. The quantitative estimate of drug-likeness (QED) is 0.716. The fraction of sp³-hybridized carbons (Fsp3) is 0.300. The molecule has 0 saturated carbocycles. The Kier molecular flexibility index (Phi) is 2.54. The predicted octanol–water partition coefficient (Wildman–Crippen LogP) is 2.94. The van der Waals surface area contributed by atoms with Crippen LogP contribution in [0.25, 0.3) is 0 Å². The van der Waals surface area contributed by atoms with Gasteiger partial charge in [-0.3, -0.25) is 4.79 Å². The molecule has 0 aliphatic carbocycles. The average Bonchev–Trinajstić information content (AvgIpc) is 2.31. The Balaban J connectivity index is 2.54. The molecule has 74 valence electrons. The molecule has 0 bridgehead atoms. The maximum absolute atomic E-state index is 13.1. The first-order chi connectivity index (χ1) is 6.68. The fourth-order valence-corrected chi connectivity index (χ4v) is 1.76. The third-order valence-electron chi connectivity index (χ3n) is 2.13. The lowest BCUT2D eigenvalue weighted by Crippen LogP contribution is -1.98. The zero-order chi connectivity index (χ0) is 10.1. The highest BCUT2D eigenvalue weighted by atomic mass is 79.9. The van der Waals surface area contributed by atoms with Crippen LogP contribution in [0.3, 0.4) is 0 Å². The van der Waals surface area contributed by atoms with Gasteiger partial charge >= 0.3 is 0 Å². The largest absolute Gasteiger partial charge is 0.493 e. The van der Waals surface area contributed by atoms with Crippen molar-refractivity contribution in [1.29, 1.82) is 0 Å². The number of hydrogen-bond acceptors (Lipinski definition) is 2. The van der Waals surface area contributed by atoms with Crippen LogP contribution in [0.5, 0.6) is 5.75 Å². The van der Waals surface area contributed by atoms with E-state index in [2.05, 4.69) is 15.9 Å². The van der Waals surface area contributed by atoms with Gasteiger partial charge in [0.15, 0.2) is 5.78 Å². The van der Waals surface area contributed by atoms with Crippen molar-refractivity contribution in [3.05, 3.63) is 28.0 Å². The molecule has 0 unspecified atom stereocenters. The van der Waals surface area contributed by atoms with Crippen LogP contribution in [0.1, 0.15) is 23.2 Å². The van der Waals surface area contributed by atoms with Crippen molar-refractivity contribution in [1.82, 2.24) is 0 Å². The molecule has 0 fully saturated rings. The second-order valence-electron chi connectivity index (χ2n) is 3.14. The summed E-state index contributed by atoms with van der Waals surface area (Å²) < 4.78 is 18.7. The highest BCUT2D eigenvalue weighted by Gasteiger charge is 2.18. The highest BCUT2D eigenvalue weighted by molar-refractivity contribution is 9.10. The van der Waals surface area contributed by atoms with Crippen LogP contribution in [0.2, 0.25) is 0 Å². The van der Waals surface area contributed by atoms with E-state index in [1.807, 2.05) is 0 Å². The molecule has 4 heteroatoms. The van der Waals surface area contributed by atoms with Crippen molar-refractivity contribution < 1.29 is 13.9 Å². The zero-order valence-corrected chi connectivity index (χ0v) is 8.93. The SMILES string of the molecule is O=C1CCCOc2cc(F)c(Br)cc21. The van der Waals surface area contributed by atoms with E-state index in [-0.39, 0.29) is 5.78 Å². The molecular formula is C10H8BrFO2. The second kappa shape index (κ2) is 3.69. The Labute approximate surface area is 89.2 Å². The maximum Gasteiger partial charge on any atom is 0.166 e. The van der Waals surface area contributed by atoms with Crippen LogP contribution < -0.4 is 4.74 Å². The smallest absolute Gasteiger partial charge is 0.166 e. The van der Waals surface area contributed by atoms with Gasteiger partial charge in [0.2, 0.25) is 0 Å². The number of halogens is 2. The van der Waals surface area contributed by atoms with E-state index in [1.54, 1.807) is 0 Å². The Morgan fingerprint density at radius 2 is 2.21 bits per heavy atom. The summed E-state index contributed by atoms with van der Waals surface area (Å²) in [7, 11) is 0. The number of ether oxygens (including phenoxy) is 1. The second-order valence-corrected chi connectivity index (χ2v) is 3.99. The third kappa shape index (κ3) is 1.66. The predicted molar refractivity (Wildman–Crippen MR) is 53.2 cm³/mol. The van der Waals surface area contributed by atoms with E-state index < -0.39 is 5.82 Å². The van der Waals surface area contributed by atoms with Crippen molar-refractivity contribution in [2.24, 2.45) is 0 Å². The van der Waals surface area contributed by atoms with Gasteiger partial charge in [-0.25, -0.2) is 4.39 Å². The van der Waals surface area contributed by atoms with Crippen LogP contribution in [0.15, 0.2) is 16.6 Å². The first-order valence-electron chi connectivity index (χ1n) is 4.33. The average molecular weight is 259 g/mol. The molecule has 0 atom stereocenters. The molecule has 0 radical (unpaired) electrons. The van der Waals surface area contributed by atoms with Gasteiger partial charge < -0.3 is 4.74 Å². The lowest BCUT2D eigenvalue weighted by atomic mass is 10.1. The fourth-order valence-electron chi connectivity index (χ4n) is 1.42. The first kappa shape index (κ1) is 9.65. The summed E-state index contributed by atoms with van der Waals surface area (Å²) in [6, 6.07) is 2.74. The van der Waals surface area contributed by atoms with Crippen molar-refractivity contribution in [2.45, 2.75) is 12.8 Å². The van der Waals surface area contributed by atoms with Crippen LogP contribution in [0.4, 0.5) is 4.39 Å². The molecule has 0 aromatic heterocycles. The summed E-state index contributed by atoms with van der Waals surface area (Å²) in [6.07, 6.45) is 1.15. The van der Waals surface area contributed by atoms with Gasteiger partial charge in [-0.1, -0.05) is 0 Å². The molecule has 14 heavy (non-hydrogen) atoms. The molecule has 1 aliphatic heterocycles. The van der Waals surface area contributed by atoms with E-state index >= 15 is 0 Å². The highest BCUT2D eigenvalue weighted by Crippen LogP contribution is 2.29. The van der Waals surface area contributed by atoms with Crippen molar-refractivity contribution >= 4 is 21.7 Å². The van der Waals surface area contributed by atoms with Crippen molar-refractivity contribution in [3.8, 4) is 5.75 Å². The van der Waals surface area contributed by atoms with Crippen LogP contribution in [-0.4, -0.2) is 12.4 Å².